The number of rotatable bonds is 1. The van der Waals surface area contributed by atoms with E-state index in [1.54, 1.807) is 6.20 Å². The quantitative estimate of drug-likeness (QED) is 0.362. The molecule has 1 saturated carbocycles. The molecule has 3 rings (SSSR count). The molecule has 1 fully saturated rings. The van der Waals surface area contributed by atoms with Crippen LogP contribution in [0.15, 0.2) is 48.7 Å². The summed E-state index contributed by atoms with van der Waals surface area (Å²) >= 11 is 1.47. The van der Waals surface area contributed by atoms with Crippen LogP contribution in [0.3, 0.4) is 0 Å². The van der Waals surface area contributed by atoms with Gasteiger partial charge in [-0.15, -0.1) is 35.9 Å². The van der Waals surface area contributed by atoms with Gasteiger partial charge >= 0.3 is 27.5 Å². The molecule has 1 aromatic carbocycles. The van der Waals surface area contributed by atoms with Crippen molar-refractivity contribution in [2.75, 3.05) is 0 Å². The summed E-state index contributed by atoms with van der Waals surface area (Å²) in [7, 11) is 4.64. The number of hydrogen-bond donors (Lipinski definition) is 0. The minimum Gasteiger partial charge on any atom is -0.305 e. The van der Waals surface area contributed by atoms with Crippen LogP contribution in [0, 0.1) is 43.1 Å². The maximum atomic E-state index is 4.64. The van der Waals surface area contributed by atoms with E-state index in [1.807, 2.05) is 42.5 Å². The second-order valence-corrected chi connectivity index (χ2v) is 6.79. The number of pyridine rings is 1. The predicted octanol–water partition coefficient (Wildman–Crippen LogP) is 6.87. The van der Waals surface area contributed by atoms with Crippen LogP contribution in [0.2, 0.25) is 0 Å². The van der Waals surface area contributed by atoms with E-state index in [9.17, 15) is 0 Å². The molecule has 0 unspecified atom stereocenters. The maximum absolute atomic E-state index is 4.64. The summed E-state index contributed by atoms with van der Waals surface area (Å²) in [6.45, 7) is 12.0. The first kappa shape index (κ1) is 24.3. The second kappa shape index (κ2) is 12.6. The van der Waals surface area contributed by atoms with Gasteiger partial charge in [-0.25, -0.2) is 0 Å². The van der Waals surface area contributed by atoms with Crippen molar-refractivity contribution in [3.05, 3.63) is 62.2 Å². The van der Waals surface area contributed by atoms with Gasteiger partial charge in [0.25, 0.3) is 0 Å². The van der Waals surface area contributed by atoms with Gasteiger partial charge in [-0.05, 0) is 41.3 Å². The smallest absolute Gasteiger partial charge is 0.0160 e. The van der Waals surface area contributed by atoms with E-state index in [1.165, 1.54) is 17.9 Å². The third kappa shape index (κ3) is 6.85. The van der Waals surface area contributed by atoms with E-state index in [4.69, 9.17) is 0 Å². The average Bonchev–Trinajstić information content (AvgIpc) is 2.83. The van der Waals surface area contributed by atoms with E-state index in [-0.39, 0.29) is 7.43 Å². The van der Waals surface area contributed by atoms with Gasteiger partial charge in [-0.1, -0.05) is 46.8 Å². The van der Waals surface area contributed by atoms with Gasteiger partial charge < -0.3 is 12.4 Å². The van der Waals surface area contributed by atoms with Crippen LogP contribution < -0.4 is 0 Å². The Hall–Kier alpha value is -0.691. The Labute approximate surface area is 169 Å². The van der Waals surface area contributed by atoms with Gasteiger partial charge in [0.1, 0.15) is 0 Å². The van der Waals surface area contributed by atoms with Gasteiger partial charge in [0, 0.05) is 6.20 Å². The first-order chi connectivity index (χ1) is 11.5. The third-order valence-corrected chi connectivity index (χ3v) is 5.80. The normalized spacial score (nSPS) is 27.1. The average molecular weight is 537 g/mol. The molecule has 0 atom stereocenters. The largest absolute Gasteiger partial charge is 0.305 e. The van der Waals surface area contributed by atoms with Crippen LogP contribution in [-0.4, -0.2) is 4.98 Å². The molecular weight excluding hydrogens is 506 g/mol. The molecule has 2 aromatic rings. The Morgan fingerprint density at radius 2 is 1.28 bits per heavy atom. The number of hydrogen-bond acceptors (Lipinski definition) is 1. The number of aromatic nitrogens is 1. The van der Waals surface area contributed by atoms with Crippen molar-refractivity contribution in [2.45, 2.75) is 34.6 Å². The van der Waals surface area contributed by atoms with Crippen molar-refractivity contribution in [3.8, 4) is 11.3 Å². The topological polar surface area (TPSA) is 12.9 Å². The fraction of sp³-hybridized carbons (Fsp3) is 0.455. The number of benzene rings is 1. The number of halogens is 1. The fourth-order valence-electron chi connectivity index (χ4n) is 3.47. The predicted molar refractivity (Wildman–Crippen MR) is 107 cm³/mol. The molecule has 0 saturated heterocycles. The summed E-state index contributed by atoms with van der Waals surface area (Å²) in [6.07, 6.45) is 1.79. The van der Waals surface area contributed by atoms with Gasteiger partial charge in [-0.3, -0.25) is 0 Å². The van der Waals surface area contributed by atoms with Crippen molar-refractivity contribution in [2.24, 2.45) is 29.6 Å². The van der Waals surface area contributed by atoms with Crippen molar-refractivity contribution < 1.29 is 17.9 Å². The fourth-order valence-corrected chi connectivity index (χ4v) is 3.47. The van der Waals surface area contributed by atoms with E-state index < -0.39 is 0 Å². The minimum absolute atomic E-state index is 0. The molecule has 1 aliphatic carbocycles. The molecule has 1 heterocycles. The van der Waals surface area contributed by atoms with Gasteiger partial charge in [0.15, 0.2) is 0 Å². The molecule has 0 bridgehead atoms. The summed E-state index contributed by atoms with van der Waals surface area (Å²) in [4.78, 5) is 4.22. The van der Waals surface area contributed by atoms with Gasteiger partial charge in [0.2, 0.25) is 0 Å². The number of nitrogens with zero attached hydrogens (tertiary/aromatic N) is 1. The van der Waals surface area contributed by atoms with Crippen molar-refractivity contribution in [1.82, 2.24) is 4.98 Å². The summed E-state index contributed by atoms with van der Waals surface area (Å²) in [6, 6.07) is 16.8. The first-order valence-corrected chi connectivity index (χ1v) is 11.5. The molecule has 0 spiro atoms. The second-order valence-electron chi connectivity index (χ2n) is 6.79. The van der Waals surface area contributed by atoms with Crippen molar-refractivity contribution in [3.63, 3.8) is 0 Å². The minimum atomic E-state index is 0. The molecule has 1 aliphatic rings. The zero-order valence-electron chi connectivity index (χ0n) is 16.2. The van der Waals surface area contributed by atoms with E-state index in [2.05, 4.69) is 55.3 Å². The van der Waals surface area contributed by atoms with Crippen LogP contribution in [0.25, 0.3) is 11.3 Å². The standard InChI is InChI=1S/C11H8N.C10H20.CH3.ClH.Ir/c1-2-6-10(7-3-1)11-8-4-5-9-12-11;1-6-7(2)9(4)10(5)8(6)3;;;/h1-6,8-9H;6-10H,1-5H3;1H3;1H;/q-1;;-1;;+3/p-1. The monoisotopic (exact) mass is 537 g/mol. The molecule has 0 amide bonds. The SMILES string of the molecule is CC1C(C)C(C)C(C)C1C.[CH3-].[Cl][Ir+2].[c-]1ccccc1-c1ccccn1. The Morgan fingerprint density at radius 1 is 0.800 bits per heavy atom. The van der Waals surface area contributed by atoms with Gasteiger partial charge in [-0.2, -0.15) is 0 Å². The Kier molecular flexibility index (Phi) is 12.3. The first-order valence-electron chi connectivity index (χ1n) is 8.53. The zero-order chi connectivity index (χ0) is 18.1. The van der Waals surface area contributed by atoms with Crippen molar-refractivity contribution in [1.29, 1.82) is 0 Å². The van der Waals surface area contributed by atoms with E-state index in [0.717, 1.165) is 40.8 Å². The Bertz CT molecular complexity index is 478. The van der Waals surface area contributed by atoms with Crippen LogP contribution in [-0.2, 0) is 17.9 Å². The molecule has 0 radical (unpaired) electrons. The summed E-state index contributed by atoms with van der Waals surface area (Å²) in [5.41, 5.74) is 2.01. The van der Waals surface area contributed by atoms with Gasteiger partial charge in [0.05, 0.1) is 0 Å². The van der Waals surface area contributed by atoms with Crippen LogP contribution in [0.1, 0.15) is 34.6 Å². The van der Waals surface area contributed by atoms with Crippen LogP contribution >= 0.6 is 9.58 Å². The molecule has 1 nitrogen and oxygen atoms in total. The summed E-state index contributed by atoms with van der Waals surface area (Å²) in [5.74, 6) is 4.68. The summed E-state index contributed by atoms with van der Waals surface area (Å²) in [5, 5.41) is 0. The maximum Gasteiger partial charge on any atom is 0.0160 e. The molecule has 1 aromatic heterocycles. The molecule has 140 valence electrons. The van der Waals surface area contributed by atoms with Crippen LogP contribution in [0.4, 0.5) is 0 Å². The Morgan fingerprint density at radius 3 is 1.64 bits per heavy atom. The zero-order valence-corrected chi connectivity index (χ0v) is 19.3. The van der Waals surface area contributed by atoms with E-state index in [0.29, 0.717) is 0 Å². The summed E-state index contributed by atoms with van der Waals surface area (Å²) < 4.78 is 0. The third-order valence-electron chi connectivity index (χ3n) is 5.80. The molecule has 3 heteroatoms. The molecular formula is C22H31ClIrN. The van der Waals surface area contributed by atoms with Crippen LogP contribution in [0.5, 0.6) is 0 Å². The van der Waals surface area contributed by atoms with E-state index >= 15 is 0 Å². The molecule has 25 heavy (non-hydrogen) atoms. The Balaban J connectivity index is 0.000000410. The molecule has 0 aliphatic heterocycles. The van der Waals surface area contributed by atoms with Crippen molar-refractivity contribution >= 4 is 9.58 Å². The molecule has 0 N–H and O–H groups in total.